The van der Waals surface area contributed by atoms with Gasteiger partial charge in [-0.3, -0.25) is 4.79 Å². The number of carbonyl (C=O) groups is 1. The number of benzene rings is 1. The van der Waals surface area contributed by atoms with Gasteiger partial charge in [0.1, 0.15) is 0 Å². The van der Waals surface area contributed by atoms with Crippen LogP contribution < -0.4 is 0 Å². The topological polar surface area (TPSA) is 26.3 Å². The SMILES string of the molecule is Cc1cc2c(c3c1CCOC3)CC(C)(C)C2=O. The molecule has 1 aromatic rings. The van der Waals surface area contributed by atoms with Crippen LogP contribution in [-0.2, 0) is 24.2 Å². The number of Topliss-reactive ketones (excluding diaryl/α,β-unsaturated/α-hetero) is 1. The van der Waals surface area contributed by atoms with Gasteiger partial charge in [-0.15, -0.1) is 0 Å². The van der Waals surface area contributed by atoms with E-state index in [1.807, 2.05) is 13.8 Å². The molecule has 1 aliphatic heterocycles. The first-order chi connectivity index (χ1) is 8.00. The van der Waals surface area contributed by atoms with Gasteiger partial charge < -0.3 is 4.74 Å². The third kappa shape index (κ3) is 1.47. The molecule has 0 fully saturated rings. The zero-order chi connectivity index (χ0) is 12.2. The monoisotopic (exact) mass is 230 g/mol. The molecule has 90 valence electrons. The lowest BCUT2D eigenvalue weighted by atomic mass is 9.88. The first-order valence-electron chi connectivity index (χ1n) is 6.27. The molecular formula is C15H18O2. The molecule has 0 saturated carbocycles. The summed E-state index contributed by atoms with van der Waals surface area (Å²) >= 11 is 0. The lowest BCUT2D eigenvalue weighted by Crippen LogP contribution is -2.18. The van der Waals surface area contributed by atoms with Crippen LogP contribution in [0.1, 0.15) is 46.5 Å². The van der Waals surface area contributed by atoms with Crippen LogP contribution in [0, 0.1) is 12.3 Å². The fourth-order valence-electron chi connectivity index (χ4n) is 3.14. The van der Waals surface area contributed by atoms with Crippen LogP contribution in [-0.4, -0.2) is 12.4 Å². The zero-order valence-electron chi connectivity index (χ0n) is 10.7. The molecule has 0 spiro atoms. The standard InChI is InChI=1S/C15H18O2/c1-9-6-11-12(7-15(2,3)14(11)16)13-8-17-5-4-10(9)13/h6H,4-5,7-8H2,1-3H3. The zero-order valence-corrected chi connectivity index (χ0v) is 10.7. The summed E-state index contributed by atoms with van der Waals surface area (Å²) in [6.07, 6.45) is 1.86. The Kier molecular flexibility index (Phi) is 2.21. The summed E-state index contributed by atoms with van der Waals surface area (Å²) < 4.78 is 5.57. The molecule has 1 aliphatic carbocycles. The summed E-state index contributed by atoms with van der Waals surface area (Å²) in [4.78, 5) is 12.3. The highest BCUT2D eigenvalue weighted by molar-refractivity contribution is 6.05. The number of fused-ring (bicyclic) bond motifs is 3. The summed E-state index contributed by atoms with van der Waals surface area (Å²) in [6.45, 7) is 7.69. The summed E-state index contributed by atoms with van der Waals surface area (Å²) in [6, 6.07) is 2.09. The van der Waals surface area contributed by atoms with Gasteiger partial charge in [-0.1, -0.05) is 13.8 Å². The van der Waals surface area contributed by atoms with Gasteiger partial charge in [-0.25, -0.2) is 0 Å². The van der Waals surface area contributed by atoms with Gasteiger partial charge in [0.25, 0.3) is 0 Å². The first kappa shape index (κ1) is 11.0. The molecule has 0 bridgehead atoms. The van der Waals surface area contributed by atoms with Crippen molar-refractivity contribution >= 4 is 5.78 Å². The maximum absolute atomic E-state index is 12.3. The third-order valence-electron chi connectivity index (χ3n) is 4.11. The fourth-order valence-corrected chi connectivity index (χ4v) is 3.14. The van der Waals surface area contributed by atoms with E-state index in [9.17, 15) is 4.79 Å². The van der Waals surface area contributed by atoms with E-state index in [4.69, 9.17) is 4.74 Å². The van der Waals surface area contributed by atoms with Crippen molar-refractivity contribution in [3.8, 4) is 0 Å². The lowest BCUT2D eigenvalue weighted by Gasteiger charge is -2.22. The number of hydrogen-bond donors (Lipinski definition) is 0. The fraction of sp³-hybridized carbons (Fsp3) is 0.533. The number of carbonyl (C=O) groups excluding carboxylic acids is 1. The Morgan fingerprint density at radius 2 is 2.00 bits per heavy atom. The van der Waals surface area contributed by atoms with Gasteiger partial charge in [-0.2, -0.15) is 0 Å². The van der Waals surface area contributed by atoms with Gasteiger partial charge in [-0.05, 0) is 48.1 Å². The van der Waals surface area contributed by atoms with Crippen molar-refractivity contribution in [1.82, 2.24) is 0 Å². The Hall–Kier alpha value is -1.15. The van der Waals surface area contributed by atoms with Crippen LogP contribution in [0.25, 0.3) is 0 Å². The van der Waals surface area contributed by atoms with E-state index in [2.05, 4.69) is 13.0 Å². The molecular weight excluding hydrogens is 212 g/mol. The minimum absolute atomic E-state index is 0.235. The number of rotatable bonds is 0. The minimum atomic E-state index is -0.235. The van der Waals surface area contributed by atoms with E-state index < -0.39 is 0 Å². The smallest absolute Gasteiger partial charge is 0.169 e. The summed E-state index contributed by atoms with van der Waals surface area (Å²) in [5, 5.41) is 0. The van der Waals surface area contributed by atoms with Gasteiger partial charge in [0, 0.05) is 11.0 Å². The highest BCUT2D eigenvalue weighted by Crippen LogP contribution is 2.41. The molecule has 0 atom stereocenters. The van der Waals surface area contributed by atoms with Crippen LogP contribution in [0.5, 0.6) is 0 Å². The Balaban J connectivity index is 2.24. The van der Waals surface area contributed by atoms with E-state index in [0.29, 0.717) is 12.4 Å². The molecule has 0 amide bonds. The molecule has 0 aromatic heterocycles. The van der Waals surface area contributed by atoms with E-state index in [1.54, 1.807) is 0 Å². The van der Waals surface area contributed by atoms with Crippen LogP contribution in [0.3, 0.4) is 0 Å². The van der Waals surface area contributed by atoms with E-state index in [0.717, 1.165) is 25.0 Å². The predicted molar refractivity (Wildman–Crippen MR) is 66.4 cm³/mol. The van der Waals surface area contributed by atoms with Crippen molar-refractivity contribution in [2.24, 2.45) is 5.41 Å². The molecule has 2 heteroatoms. The largest absolute Gasteiger partial charge is 0.376 e. The highest BCUT2D eigenvalue weighted by atomic mass is 16.5. The van der Waals surface area contributed by atoms with Crippen molar-refractivity contribution < 1.29 is 9.53 Å². The Bertz CT molecular complexity index is 512. The number of aryl methyl sites for hydroxylation is 1. The van der Waals surface area contributed by atoms with E-state index in [1.165, 1.54) is 22.3 Å². The molecule has 2 nitrogen and oxygen atoms in total. The normalized spacial score (nSPS) is 21.2. The van der Waals surface area contributed by atoms with Crippen LogP contribution in [0.4, 0.5) is 0 Å². The molecule has 0 unspecified atom stereocenters. The predicted octanol–water partition coefficient (Wildman–Crippen LogP) is 2.83. The lowest BCUT2D eigenvalue weighted by molar-refractivity contribution is 0.0863. The summed E-state index contributed by atoms with van der Waals surface area (Å²) in [5.74, 6) is 0.295. The Labute approximate surface area is 102 Å². The van der Waals surface area contributed by atoms with Crippen molar-refractivity contribution in [3.63, 3.8) is 0 Å². The number of ether oxygens (including phenoxy) is 1. The minimum Gasteiger partial charge on any atom is -0.376 e. The quantitative estimate of drug-likeness (QED) is 0.685. The highest BCUT2D eigenvalue weighted by Gasteiger charge is 2.39. The van der Waals surface area contributed by atoms with Crippen molar-refractivity contribution in [2.75, 3.05) is 6.61 Å². The average Bonchev–Trinajstić information content (AvgIpc) is 2.53. The molecule has 1 heterocycles. The number of hydrogen-bond acceptors (Lipinski definition) is 2. The van der Waals surface area contributed by atoms with Crippen molar-refractivity contribution in [2.45, 2.75) is 40.2 Å². The van der Waals surface area contributed by atoms with Crippen molar-refractivity contribution in [1.29, 1.82) is 0 Å². The third-order valence-corrected chi connectivity index (χ3v) is 4.11. The van der Waals surface area contributed by atoms with Crippen LogP contribution in [0.2, 0.25) is 0 Å². The van der Waals surface area contributed by atoms with Crippen LogP contribution >= 0.6 is 0 Å². The molecule has 3 rings (SSSR count). The molecule has 0 radical (unpaired) electrons. The van der Waals surface area contributed by atoms with Gasteiger partial charge in [0.2, 0.25) is 0 Å². The van der Waals surface area contributed by atoms with Gasteiger partial charge in [0.15, 0.2) is 5.78 Å². The second-order valence-corrected chi connectivity index (χ2v) is 5.87. The van der Waals surface area contributed by atoms with E-state index in [-0.39, 0.29) is 5.41 Å². The summed E-state index contributed by atoms with van der Waals surface area (Å²) in [7, 11) is 0. The average molecular weight is 230 g/mol. The maximum Gasteiger partial charge on any atom is 0.169 e. The van der Waals surface area contributed by atoms with Crippen LogP contribution in [0.15, 0.2) is 6.07 Å². The van der Waals surface area contributed by atoms with E-state index >= 15 is 0 Å². The Morgan fingerprint density at radius 1 is 1.24 bits per heavy atom. The van der Waals surface area contributed by atoms with Crippen molar-refractivity contribution in [3.05, 3.63) is 33.9 Å². The number of ketones is 1. The maximum atomic E-state index is 12.3. The Morgan fingerprint density at radius 3 is 2.76 bits per heavy atom. The molecule has 1 aromatic carbocycles. The second kappa shape index (κ2) is 3.42. The van der Waals surface area contributed by atoms with Gasteiger partial charge >= 0.3 is 0 Å². The molecule has 2 aliphatic rings. The molecule has 0 N–H and O–H groups in total. The molecule has 17 heavy (non-hydrogen) atoms. The second-order valence-electron chi connectivity index (χ2n) is 5.87. The van der Waals surface area contributed by atoms with Gasteiger partial charge in [0.05, 0.1) is 13.2 Å². The molecule has 0 saturated heterocycles. The summed E-state index contributed by atoms with van der Waals surface area (Å²) in [5.41, 5.74) is 5.93. The first-order valence-corrected chi connectivity index (χ1v) is 6.27.